The Hall–Kier alpha value is -0.570. The summed E-state index contributed by atoms with van der Waals surface area (Å²) >= 11 is 0. The van der Waals surface area contributed by atoms with Gasteiger partial charge in [-0.1, -0.05) is 122 Å². The number of quaternary nitrogens is 1. The first-order chi connectivity index (χ1) is 14.0. The summed E-state index contributed by atoms with van der Waals surface area (Å²) in [7, 11) is 4.07. The number of hydrogen-bond acceptors (Lipinski definition) is 1. The summed E-state index contributed by atoms with van der Waals surface area (Å²) in [4.78, 5) is 11.9. The minimum Gasteiger partial charge on any atom is -0.270 e. The third kappa shape index (κ3) is 21.9. The predicted molar refractivity (Wildman–Crippen MR) is 129 cm³/mol. The summed E-state index contributed by atoms with van der Waals surface area (Å²) in [6.07, 6.45) is 27.1. The number of carbonyl (C=O) groups excluding carboxylic acids is 1. The summed E-state index contributed by atoms with van der Waals surface area (Å²) < 4.78 is 0.581. The molecule has 0 aromatic carbocycles. The van der Waals surface area contributed by atoms with E-state index in [-0.39, 0.29) is 5.91 Å². The Morgan fingerprint density at radius 3 is 1.17 bits per heavy atom. The zero-order chi connectivity index (χ0) is 21.6. The normalized spacial score (nSPS) is 11.7. The number of nitrogens with one attached hydrogen (secondary N) is 1. The first-order valence-corrected chi connectivity index (χ1v) is 13.2. The molecule has 0 saturated carbocycles. The molecule has 0 aliphatic rings. The third-order valence-electron chi connectivity index (χ3n) is 6.23. The molecule has 0 heterocycles. The molecular formula is C26H55N2O+. The van der Waals surface area contributed by atoms with Crippen LogP contribution in [0.15, 0.2) is 0 Å². The molecule has 0 aliphatic heterocycles. The largest absolute Gasteiger partial charge is 0.270 e. The molecule has 0 saturated heterocycles. The first kappa shape index (κ1) is 28.4. The van der Waals surface area contributed by atoms with Crippen LogP contribution in [-0.2, 0) is 4.79 Å². The van der Waals surface area contributed by atoms with E-state index in [2.05, 4.69) is 19.3 Å². The van der Waals surface area contributed by atoms with E-state index in [1.54, 1.807) is 0 Å². The molecule has 3 nitrogen and oxygen atoms in total. The molecule has 0 spiro atoms. The van der Waals surface area contributed by atoms with Gasteiger partial charge in [-0.15, -0.1) is 0 Å². The lowest BCUT2D eigenvalue weighted by Crippen LogP contribution is -2.54. The van der Waals surface area contributed by atoms with Crippen LogP contribution in [0.25, 0.3) is 0 Å². The lowest BCUT2D eigenvalue weighted by atomic mass is 10.0. The summed E-state index contributed by atoms with van der Waals surface area (Å²) in [5.41, 5.74) is 3.06. The highest BCUT2D eigenvalue weighted by molar-refractivity contribution is 5.74. The van der Waals surface area contributed by atoms with Gasteiger partial charge < -0.3 is 0 Å². The zero-order valence-electron chi connectivity index (χ0n) is 20.7. The predicted octanol–water partition coefficient (Wildman–Crippen LogP) is 7.94. The molecule has 0 rings (SSSR count). The van der Waals surface area contributed by atoms with Gasteiger partial charge >= 0.3 is 0 Å². The number of carbonyl (C=O) groups is 1. The molecule has 3 heteroatoms. The number of hydrogen-bond donors (Lipinski definition) is 1. The van der Waals surface area contributed by atoms with Gasteiger partial charge in [0.1, 0.15) is 0 Å². The van der Waals surface area contributed by atoms with Crippen molar-refractivity contribution in [3.8, 4) is 0 Å². The Bertz CT molecular complexity index is 355. The molecular weight excluding hydrogens is 356 g/mol. The minimum absolute atomic E-state index is 0.198. The summed E-state index contributed by atoms with van der Waals surface area (Å²) in [6, 6.07) is 0. The number of rotatable bonds is 22. The Labute approximate surface area is 184 Å². The smallest absolute Gasteiger partial charge is 0.264 e. The molecule has 0 aliphatic carbocycles. The van der Waals surface area contributed by atoms with Crippen LogP contribution in [0.4, 0.5) is 0 Å². The van der Waals surface area contributed by atoms with E-state index in [0.29, 0.717) is 11.0 Å². The van der Waals surface area contributed by atoms with E-state index in [1.807, 2.05) is 14.1 Å². The molecule has 0 unspecified atom stereocenters. The zero-order valence-corrected chi connectivity index (χ0v) is 20.7. The monoisotopic (exact) mass is 411 g/mol. The van der Waals surface area contributed by atoms with Crippen molar-refractivity contribution >= 4 is 5.91 Å². The molecule has 1 N–H and O–H groups in total. The lowest BCUT2D eigenvalue weighted by molar-refractivity contribution is -0.923. The van der Waals surface area contributed by atoms with Crippen molar-refractivity contribution in [1.29, 1.82) is 0 Å². The average Bonchev–Trinajstić information content (AvgIpc) is 2.69. The van der Waals surface area contributed by atoms with Gasteiger partial charge in [0.05, 0.1) is 20.6 Å². The highest BCUT2D eigenvalue weighted by Crippen LogP contribution is 2.14. The van der Waals surface area contributed by atoms with Crippen LogP contribution in [0.2, 0.25) is 0 Å². The topological polar surface area (TPSA) is 29.1 Å². The van der Waals surface area contributed by atoms with Crippen molar-refractivity contribution in [3.05, 3.63) is 0 Å². The van der Waals surface area contributed by atoms with Gasteiger partial charge in [0.2, 0.25) is 0 Å². The minimum atomic E-state index is 0.198. The number of amides is 1. The molecule has 0 atom stereocenters. The maximum absolute atomic E-state index is 11.9. The fourth-order valence-electron chi connectivity index (χ4n) is 3.84. The highest BCUT2D eigenvalue weighted by Gasteiger charge is 2.15. The Morgan fingerprint density at radius 1 is 0.552 bits per heavy atom. The maximum Gasteiger partial charge on any atom is 0.264 e. The average molecular weight is 412 g/mol. The van der Waals surface area contributed by atoms with Crippen molar-refractivity contribution < 1.29 is 9.39 Å². The van der Waals surface area contributed by atoms with Crippen LogP contribution in [0.3, 0.4) is 0 Å². The molecule has 0 aromatic heterocycles. The van der Waals surface area contributed by atoms with E-state index in [9.17, 15) is 4.79 Å². The summed E-state index contributed by atoms with van der Waals surface area (Å²) in [5, 5.41) is 0. The summed E-state index contributed by atoms with van der Waals surface area (Å²) in [5.74, 6) is 0.198. The van der Waals surface area contributed by atoms with Crippen molar-refractivity contribution in [2.75, 3.05) is 20.6 Å². The maximum atomic E-state index is 11.9. The lowest BCUT2D eigenvalue weighted by Gasteiger charge is -2.27. The van der Waals surface area contributed by atoms with Gasteiger partial charge in [0.25, 0.3) is 5.91 Å². The Balaban J connectivity index is 3.16. The van der Waals surface area contributed by atoms with E-state index in [0.717, 1.165) is 13.0 Å². The molecule has 0 fully saturated rings. The van der Waals surface area contributed by atoms with Crippen molar-refractivity contribution in [2.24, 2.45) is 0 Å². The van der Waals surface area contributed by atoms with Gasteiger partial charge in [-0.2, -0.15) is 0 Å². The second-order valence-corrected chi connectivity index (χ2v) is 9.65. The molecule has 0 bridgehead atoms. The molecule has 0 radical (unpaired) electrons. The van der Waals surface area contributed by atoms with Crippen LogP contribution in [0.1, 0.15) is 142 Å². The van der Waals surface area contributed by atoms with Gasteiger partial charge in [0, 0.05) is 6.42 Å². The second-order valence-electron chi connectivity index (χ2n) is 9.65. The van der Waals surface area contributed by atoms with E-state index < -0.39 is 0 Å². The van der Waals surface area contributed by atoms with Crippen LogP contribution in [0.5, 0.6) is 0 Å². The molecule has 0 aromatic rings. The summed E-state index contributed by atoms with van der Waals surface area (Å²) in [6.45, 7) is 5.31. The Morgan fingerprint density at radius 2 is 0.862 bits per heavy atom. The van der Waals surface area contributed by atoms with Crippen molar-refractivity contribution in [1.82, 2.24) is 5.43 Å². The van der Waals surface area contributed by atoms with Crippen LogP contribution in [-0.4, -0.2) is 31.1 Å². The van der Waals surface area contributed by atoms with Crippen molar-refractivity contribution in [2.45, 2.75) is 142 Å². The van der Waals surface area contributed by atoms with E-state index >= 15 is 0 Å². The third-order valence-corrected chi connectivity index (χ3v) is 6.23. The quantitative estimate of drug-likeness (QED) is 0.109. The molecule has 174 valence electrons. The SMILES string of the molecule is CCCCCCCCCCCCCCCCCCCCCC(=O)N[N+](C)(C)CC. The van der Waals surface area contributed by atoms with Crippen molar-refractivity contribution in [3.63, 3.8) is 0 Å². The van der Waals surface area contributed by atoms with Gasteiger partial charge in [-0.3, -0.25) is 4.79 Å². The van der Waals surface area contributed by atoms with Crippen LogP contribution < -0.4 is 5.43 Å². The van der Waals surface area contributed by atoms with Crippen LogP contribution in [0, 0.1) is 0 Å². The van der Waals surface area contributed by atoms with Gasteiger partial charge in [-0.25, -0.2) is 10.0 Å². The highest BCUT2D eigenvalue weighted by atomic mass is 16.2. The molecule has 1 amide bonds. The fraction of sp³-hybridized carbons (Fsp3) is 0.962. The standard InChI is InChI=1S/C26H54N2O/c1-5-7-8-9-10-11-12-13-14-15-16-17-18-19-20-21-22-23-24-25-26(29)27-28(3,4)6-2/h5-25H2,1-4H3/p+1. The number of nitrogens with zero attached hydrogens (tertiary/aromatic N) is 1. The van der Waals surface area contributed by atoms with E-state index in [4.69, 9.17) is 0 Å². The first-order valence-electron chi connectivity index (χ1n) is 13.2. The number of unbranched alkanes of at least 4 members (excludes halogenated alkanes) is 18. The second kappa shape index (κ2) is 20.7. The Kier molecular flexibility index (Phi) is 20.3. The van der Waals surface area contributed by atoms with E-state index in [1.165, 1.54) is 116 Å². The molecule has 29 heavy (non-hydrogen) atoms. The van der Waals surface area contributed by atoms with Crippen LogP contribution >= 0.6 is 0 Å². The fourth-order valence-corrected chi connectivity index (χ4v) is 3.84. The van der Waals surface area contributed by atoms with Gasteiger partial charge in [-0.05, 0) is 13.3 Å². The van der Waals surface area contributed by atoms with Gasteiger partial charge in [0.15, 0.2) is 0 Å².